The Labute approximate surface area is 124 Å². The van der Waals surface area contributed by atoms with Gasteiger partial charge in [-0.25, -0.2) is 0 Å². The third-order valence-corrected chi connectivity index (χ3v) is 4.37. The molecule has 3 rings (SSSR count). The van der Waals surface area contributed by atoms with Crippen LogP contribution < -0.4 is 0 Å². The smallest absolute Gasteiger partial charge is 0.254 e. The van der Waals surface area contributed by atoms with Crippen molar-refractivity contribution in [3.8, 4) is 0 Å². The van der Waals surface area contributed by atoms with Gasteiger partial charge in [-0.2, -0.15) is 0 Å². The number of fused-ring (bicyclic) bond motifs is 1. The largest absolute Gasteiger partial charge is 0.386 e. The number of benzene rings is 1. The van der Waals surface area contributed by atoms with Crippen LogP contribution in [-0.2, 0) is 0 Å². The maximum atomic E-state index is 12.7. The van der Waals surface area contributed by atoms with Crippen LogP contribution in [-0.4, -0.2) is 39.6 Å². The monoisotopic (exact) mass is 284 g/mol. The van der Waals surface area contributed by atoms with E-state index in [1.165, 1.54) is 0 Å². The molecule has 0 saturated carbocycles. The third kappa shape index (κ3) is 2.29. The van der Waals surface area contributed by atoms with Crippen molar-refractivity contribution in [2.45, 2.75) is 26.4 Å². The number of aliphatic hydroxyl groups is 1. The summed E-state index contributed by atoms with van der Waals surface area (Å²) < 4.78 is 0. The second kappa shape index (κ2) is 4.81. The van der Waals surface area contributed by atoms with Crippen LogP contribution in [0.1, 0.15) is 29.9 Å². The van der Waals surface area contributed by atoms with Crippen LogP contribution in [0.3, 0.4) is 0 Å². The zero-order valence-corrected chi connectivity index (χ0v) is 12.6. The average molecular weight is 284 g/mol. The van der Waals surface area contributed by atoms with Gasteiger partial charge < -0.3 is 10.0 Å². The summed E-state index contributed by atoms with van der Waals surface area (Å²) in [6, 6.07) is 9.50. The summed E-state index contributed by atoms with van der Waals surface area (Å²) in [5.41, 5.74) is 1.59. The third-order valence-electron chi connectivity index (χ3n) is 4.37. The normalized spacial score (nSPS) is 17.1. The molecule has 1 aliphatic heterocycles. The van der Waals surface area contributed by atoms with Crippen LogP contribution in [0.25, 0.3) is 10.9 Å². The highest BCUT2D eigenvalue weighted by Crippen LogP contribution is 2.31. The van der Waals surface area contributed by atoms with E-state index in [-0.39, 0.29) is 11.8 Å². The molecule has 21 heavy (non-hydrogen) atoms. The lowest BCUT2D eigenvalue weighted by atomic mass is 9.82. The number of pyridine rings is 1. The molecule has 4 nitrogen and oxygen atoms in total. The molecule has 0 bridgehead atoms. The molecule has 1 aromatic heterocycles. The highest BCUT2D eigenvalue weighted by Gasteiger charge is 2.46. The van der Waals surface area contributed by atoms with Gasteiger partial charge in [-0.05, 0) is 25.0 Å². The number of carbonyl (C=O) groups excluding carboxylic acids is 1. The minimum Gasteiger partial charge on any atom is -0.386 e. The molecule has 2 heterocycles. The summed E-state index contributed by atoms with van der Waals surface area (Å²) in [7, 11) is 0. The maximum absolute atomic E-state index is 12.7. The highest BCUT2D eigenvalue weighted by atomic mass is 16.3. The Hall–Kier alpha value is -1.94. The molecule has 2 aromatic rings. The minimum atomic E-state index is -0.743. The zero-order valence-electron chi connectivity index (χ0n) is 12.6. The minimum absolute atomic E-state index is 0.0259. The van der Waals surface area contributed by atoms with Crippen molar-refractivity contribution in [3.05, 3.63) is 41.6 Å². The Morgan fingerprint density at radius 3 is 2.67 bits per heavy atom. The molecule has 110 valence electrons. The second-order valence-corrected chi connectivity index (χ2v) is 6.25. The van der Waals surface area contributed by atoms with Gasteiger partial charge in [0.05, 0.1) is 24.2 Å². The molecule has 4 heteroatoms. The lowest BCUT2D eigenvalue weighted by Crippen LogP contribution is -2.65. The number of amides is 1. The molecule has 0 atom stereocenters. The summed E-state index contributed by atoms with van der Waals surface area (Å²) in [5, 5.41) is 11.2. The fraction of sp³-hybridized carbons (Fsp3) is 0.412. The van der Waals surface area contributed by atoms with E-state index in [2.05, 4.69) is 4.98 Å². The number of para-hydroxylation sites is 1. The Morgan fingerprint density at radius 2 is 2.00 bits per heavy atom. The molecule has 1 amide bonds. The van der Waals surface area contributed by atoms with E-state index in [9.17, 15) is 9.90 Å². The van der Waals surface area contributed by atoms with E-state index >= 15 is 0 Å². The first-order valence-corrected chi connectivity index (χ1v) is 7.29. The highest BCUT2D eigenvalue weighted by molar-refractivity contribution is 6.06. The first-order chi connectivity index (χ1) is 9.90. The van der Waals surface area contributed by atoms with Crippen molar-refractivity contribution in [1.82, 2.24) is 9.88 Å². The fourth-order valence-electron chi connectivity index (χ4n) is 2.78. The number of β-amino-alcohol motifs (C(OH)–C–C–N with tert-alkyl or cyclic N) is 1. The predicted molar refractivity (Wildman–Crippen MR) is 82.2 cm³/mol. The summed E-state index contributed by atoms with van der Waals surface area (Å²) in [6.07, 6.45) is 0. The molecular formula is C17H20N2O2. The summed E-state index contributed by atoms with van der Waals surface area (Å²) in [4.78, 5) is 18.9. The molecule has 1 aliphatic rings. The Kier molecular flexibility index (Phi) is 3.21. The van der Waals surface area contributed by atoms with Gasteiger partial charge in [0, 0.05) is 11.1 Å². The van der Waals surface area contributed by atoms with Crippen LogP contribution in [0.5, 0.6) is 0 Å². The van der Waals surface area contributed by atoms with Gasteiger partial charge in [-0.1, -0.05) is 32.0 Å². The van der Waals surface area contributed by atoms with Gasteiger partial charge in [-0.3, -0.25) is 9.78 Å². The first kappa shape index (κ1) is 14.0. The van der Waals surface area contributed by atoms with Crippen molar-refractivity contribution >= 4 is 16.8 Å². The van der Waals surface area contributed by atoms with E-state index in [0.717, 1.165) is 16.6 Å². The fourth-order valence-corrected chi connectivity index (χ4v) is 2.78. The number of aromatic nitrogens is 1. The molecule has 0 unspecified atom stereocenters. The van der Waals surface area contributed by atoms with Crippen molar-refractivity contribution in [2.75, 3.05) is 13.1 Å². The van der Waals surface area contributed by atoms with Gasteiger partial charge in [0.1, 0.15) is 5.60 Å². The lowest BCUT2D eigenvalue weighted by Gasteiger charge is -2.49. The van der Waals surface area contributed by atoms with E-state index in [4.69, 9.17) is 0 Å². The number of carbonyl (C=O) groups is 1. The summed E-state index contributed by atoms with van der Waals surface area (Å²) in [6.45, 7) is 6.66. The maximum Gasteiger partial charge on any atom is 0.254 e. The lowest BCUT2D eigenvalue weighted by molar-refractivity contribution is -0.110. The second-order valence-electron chi connectivity index (χ2n) is 6.25. The van der Waals surface area contributed by atoms with E-state index in [1.54, 1.807) is 4.90 Å². The van der Waals surface area contributed by atoms with Crippen molar-refractivity contribution in [2.24, 2.45) is 5.92 Å². The topological polar surface area (TPSA) is 53.4 Å². The molecule has 1 N–H and O–H groups in total. The molecule has 1 saturated heterocycles. The van der Waals surface area contributed by atoms with Gasteiger partial charge in [-0.15, -0.1) is 0 Å². The number of hydrogen-bond donors (Lipinski definition) is 1. The van der Waals surface area contributed by atoms with E-state index < -0.39 is 5.60 Å². The van der Waals surface area contributed by atoms with Crippen LogP contribution in [0.2, 0.25) is 0 Å². The summed E-state index contributed by atoms with van der Waals surface area (Å²) >= 11 is 0. The van der Waals surface area contributed by atoms with Gasteiger partial charge >= 0.3 is 0 Å². The zero-order chi connectivity index (χ0) is 15.2. The number of nitrogens with zero attached hydrogens (tertiary/aromatic N) is 2. The SMILES string of the molecule is Cc1cc(C(=O)N2CC(O)(C(C)C)C2)c2ccccc2n1. The number of aryl methyl sites for hydroxylation is 1. The molecule has 0 aliphatic carbocycles. The quantitative estimate of drug-likeness (QED) is 0.921. The van der Waals surface area contributed by atoms with Crippen molar-refractivity contribution < 1.29 is 9.90 Å². The predicted octanol–water partition coefficient (Wildman–Crippen LogP) is 2.39. The molecule has 0 spiro atoms. The number of hydrogen-bond acceptors (Lipinski definition) is 3. The Balaban J connectivity index is 1.93. The molecule has 1 aromatic carbocycles. The van der Waals surface area contributed by atoms with Crippen LogP contribution in [0.4, 0.5) is 0 Å². The standard InChI is InChI=1S/C17H20N2O2/c1-11(2)17(21)9-19(10-17)16(20)14-8-12(3)18-15-7-5-4-6-13(14)15/h4-8,11,21H,9-10H2,1-3H3. The average Bonchev–Trinajstić information content (AvgIpc) is 2.41. The molecule has 1 fully saturated rings. The number of rotatable bonds is 2. The van der Waals surface area contributed by atoms with E-state index in [0.29, 0.717) is 18.7 Å². The van der Waals surface area contributed by atoms with E-state index in [1.807, 2.05) is 51.1 Å². The first-order valence-electron chi connectivity index (χ1n) is 7.29. The number of likely N-dealkylation sites (tertiary alicyclic amines) is 1. The van der Waals surface area contributed by atoms with Crippen LogP contribution >= 0.6 is 0 Å². The van der Waals surface area contributed by atoms with Gasteiger partial charge in [0.2, 0.25) is 0 Å². The Bertz CT molecular complexity index is 703. The Morgan fingerprint density at radius 1 is 1.33 bits per heavy atom. The van der Waals surface area contributed by atoms with Crippen LogP contribution in [0, 0.1) is 12.8 Å². The van der Waals surface area contributed by atoms with Gasteiger partial charge in [0.25, 0.3) is 5.91 Å². The summed E-state index contributed by atoms with van der Waals surface area (Å²) in [5.74, 6) is 0.125. The molecular weight excluding hydrogens is 264 g/mol. The van der Waals surface area contributed by atoms with Gasteiger partial charge in [0.15, 0.2) is 0 Å². The van der Waals surface area contributed by atoms with Crippen LogP contribution in [0.15, 0.2) is 30.3 Å². The molecule has 0 radical (unpaired) electrons. The van der Waals surface area contributed by atoms with Crippen molar-refractivity contribution in [3.63, 3.8) is 0 Å². The van der Waals surface area contributed by atoms with Crippen molar-refractivity contribution in [1.29, 1.82) is 0 Å².